The molecule has 2 unspecified atom stereocenters. The maximum absolute atomic E-state index is 11.9. The van der Waals surface area contributed by atoms with Crippen molar-refractivity contribution in [3.05, 3.63) is 0 Å². The van der Waals surface area contributed by atoms with Crippen molar-refractivity contribution in [2.75, 3.05) is 13.2 Å². The number of carbonyl (C=O) groups excluding carboxylic acids is 3. The first kappa shape index (κ1) is 27.5. The van der Waals surface area contributed by atoms with Crippen molar-refractivity contribution in [2.45, 2.75) is 103 Å². The summed E-state index contributed by atoms with van der Waals surface area (Å²) in [6.45, 7) is 3.24. The number of aliphatic hydroxyl groups excluding tert-OH is 3. The third-order valence-electron chi connectivity index (χ3n) is 5.42. The van der Waals surface area contributed by atoms with Gasteiger partial charge in [-0.2, -0.15) is 0 Å². The molecular weight excluding hydrogens is 406 g/mol. The monoisotopic (exact) mass is 445 g/mol. The van der Waals surface area contributed by atoms with Crippen molar-refractivity contribution < 1.29 is 39.2 Å². The molecule has 0 saturated carbocycles. The SMILES string of the molecule is CCCC(=O)NC[C@@H](O)C1C[C@H](O)[C@@H](COC(=O)CCCCCCCC(C)=O)OC1O. The first-order chi connectivity index (χ1) is 14.7. The quantitative estimate of drug-likeness (QED) is 0.218. The van der Waals surface area contributed by atoms with Gasteiger partial charge in [0.15, 0.2) is 6.29 Å². The zero-order valence-corrected chi connectivity index (χ0v) is 18.8. The van der Waals surface area contributed by atoms with Gasteiger partial charge in [-0.05, 0) is 32.6 Å². The molecule has 5 atom stereocenters. The molecule has 1 rings (SSSR count). The third-order valence-corrected chi connectivity index (χ3v) is 5.42. The largest absolute Gasteiger partial charge is 0.463 e. The maximum atomic E-state index is 11.9. The van der Waals surface area contributed by atoms with Gasteiger partial charge in [0.05, 0.1) is 12.2 Å². The first-order valence-electron chi connectivity index (χ1n) is 11.4. The molecule has 1 amide bonds. The fraction of sp³-hybridized carbons (Fsp3) is 0.864. The standard InChI is InChI=1S/C22H39NO8/c1-3-9-20(27)23-13-18(26)16-12-17(25)19(31-22(16)29)14-30-21(28)11-8-6-4-5-7-10-15(2)24/h16-19,22,25-26,29H,3-14H2,1-2H3,(H,23,27)/t16?,17-,18+,19+,22?/m0/s1. The molecule has 0 aliphatic carbocycles. The molecule has 9 nitrogen and oxygen atoms in total. The highest BCUT2D eigenvalue weighted by molar-refractivity contribution is 5.75. The second kappa shape index (κ2) is 15.3. The van der Waals surface area contributed by atoms with Gasteiger partial charge in [0.25, 0.3) is 0 Å². The number of hydrogen-bond donors (Lipinski definition) is 4. The van der Waals surface area contributed by atoms with E-state index in [1.165, 1.54) is 0 Å². The van der Waals surface area contributed by atoms with Crippen LogP contribution in [0.4, 0.5) is 0 Å². The van der Waals surface area contributed by atoms with Gasteiger partial charge >= 0.3 is 5.97 Å². The predicted octanol–water partition coefficient (Wildman–Crippen LogP) is 1.21. The Balaban J connectivity index is 2.24. The molecule has 1 saturated heterocycles. The number of nitrogens with one attached hydrogen (secondary N) is 1. The molecule has 1 heterocycles. The van der Waals surface area contributed by atoms with Crippen molar-refractivity contribution in [3.8, 4) is 0 Å². The van der Waals surface area contributed by atoms with Gasteiger partial charge in [-0.25, -0.2) is 0 Å². The van der Waals surface area contributed by atoms with E-state index in [9.17, 15) is 29.7 Å². The number of carbonyl (C=O) groups is 3. The van der Waals surface area contributed by atoms with Crippen molar-refractivity contribution >= 4 is 17.7 Å². The number of ketones is 1. The molecular formula is C22H39NO8. The van der Waals surface area contributed by atoms with Gasteiger partial charge in [-0.15, -0.1) is 0 Å². The minimum Gasteiger partial charge on any atom is -0.463 e. The lowest BCUT2D eigenvalue weighted by Gasteiger charge is -2.38. The van der Waals surface area contributed by atoms with Gasteiger partial charge in [-0.1, -0.05) is 26.2 Å². The Kier molecular flexibility index (Phi) is 13.6. The van der Waals surface area contributed by atoms with E-state index in [-0.39, 0.29) is 37.7 Å². The van der Waals surface area contributed by atoms with Crippen LogP contribution in [0.1, 0.15) is 78.1 Å². The molecule has 4 N–H and O–H groups in total. The molecule has 180 valence electrons. The first-order valence-corrected chi connectivity index (χ1v) is 11.4. The molecule has 0 aromatic rings. The number of esters is 1. The van der Waals surface area contributed by atoms with Gasteiger partial charge in [0.2, 0.25) is 5.91 Å². The zero-order chi connectivity index (χ0) is 23.2. The second-order valence-electron chi connectivity index (χ2n) is 8.31. The van der Waals surface area contributed by atoms with Crippen LogP contribution in [0.2, 0.25) is 0 Å². The van der Waals surface area contributed by atoms with Gasteiger partial charge in [0, 0.05) is 31.7 Å². The highest BCUT2D eigenvalue weighted by Crippen LogP contribution is 2.27. The Labute approximate surface area is 184 Å². The summed E-state index contributed by atoms with van der Waals surface area (Å²) in [6, 6.07) is 0. The van der Waals surface area contributed by atoms with E-state index in [1.54, 1.807) is 6.92 Å². The average molecular weight is 446 g/mol. The number of hydrogen-bond acceptors (Lipinski definition) is 8. The van der Waals surface area contributed by atoms with Crippen LogP contribution in [0.25, 0.3) is 0 Å². The van der Waals surface area contributed by atoms with E-state index >= 15 is 0 Å². The number of aliphatic hydroxyl groups is 3. The van der Waals surface area contributed by atoms with Crippen LogP contribution < -0.4 is 5.32 Å². The van der Waals surface area contributed by atoms with Crippen LogP contribution >= 0.6 is 0 Å². The summed E-state index contributed by atoms with van der Waals surface area (Å²) in [6.07, 6.45) is 2.05. The lowest BCUT2D eigenvalue weighted by atomic mass is 9.89. The van der Waals surface area contributed by atoms with Crippen molar-refractivity contribution in [2.24, 2.45) is 5.92 Å². The summed E-state index contributed by atoms with van der Waals surface area (Å²) in [5.74, 6) is -1.14. The van der Waals surface area contributed by atoms with E-state index in [0.29, 0.717) is 25.7 Å². The molecule has 1 aliphatic heterocycles. The average Bonchev–Trinajstić information content (AvgIpc) is 2.71. The van der Waals surface area contributed by atoms with Crippen LogP contribution in [0, 0.1) is 5.92 Å². The fourth-order valence-electron chi connectivity index (χ4n) is 3.52. The summed E-state index contributed by atoms with van der Waals surface area (Å²) < 4.78 is 10.5. The number of unbranched alkanes of at least 4 members (excludes halogenated alkanes) is 4. The van der Waals surface area contributed by atoms with Gasteiger partial charge < -0.3 is 34.9 Å². The Morgan fingerprint density at radius 2 is 1.71 bits per heavy atom. The summed E-state index contributed by atoms with van der Waals surface area (Å²) in [7, 11) is 0. The summed E-state index contributed by atoms with van der Waals surface area (Å²) in [5, 5.41) is 33.2. The molecule has 1 aliphatic rings. The Morgan fingerprint density at radius 3 is 2.35 bits per heavy atom. The molecule has 0 spiro atoms. The lowest BCUT2D eigenvalue weighted by molar-refractivity contribution is -0.251. The zero-order valence-electron chi connectivity index (χ0n) is 18.8. The van der Waals surface area contributed by atoms with Crippen molar-refractivity contribution in [1.29, 1.82) is 0 Å². The lowest BCUT2D eigenvalue weighted by Crippen LogP contribution is -2.52. The highest BCUT2D eigenvalue weighted by atomic mass is 16.6. The van der Waals surface area contributed by atoms with Gasteiger partial charge in [-0.3, -0.25) is 9.59 Å². The van der Waals surface area contributed by atoms with E-state index in [4.69, 9.17) is 9.47 Å². The molecule has 0 aromatic heterocycles. The minimum atomic E-state index is -1.33. The Bertz CT molecular complexity index is 556. The van der Waals surface area contributed by atoms with E-state index in [2.05, 4.69) is 5.32 Å². The number of ether oxygens (including phenoxy) is 2. The molecule has 0 aromatic carbocycles. The number of amides is 1. The minimum absolute atomic E-state index is 0.0367. The Hall–Kier alpha value is -1.55. The normalized spacial score (nSPS) is 24.4. The Morgan fingerprint density at radius 1 is 1.06 bits per heavy atom. The van der Waals surface area contributed by atoms with E-state index in [0.717, 1.165) is 25.7 Å². The molecule has 9 heteroatoms. The van der Waals surface area contributed by atoms with Crippen molar-refractivity contribution in [3.63, 3.8) is 0 Å². The van der Waals surface area contributed by atoms with Crippen molar-refractivity contribution in [1.82, 2.24) is 5.32 Å². The van der Waals surface area contributed by atoms with Crippen LogP contribution in [0.15, 0.2) is 0 Å². The van der Waals surface area contributed by atoms with Crippen LogP contribution in [-0.2, 0) is 23.9 Å². The number of rotatable bonds is 15. The molecule has 1 fully saturated rings. The van der Waals surface area contributed by atoms with Crippen LogP contribution in [-0.4, -0.2) is 70.7 Å². The maximum Gasteiger partial charge on any atom is 0.305 e. The molecule has 0 bridgehead atoms. The van der Waals surface area contributed by atoms with Crippen LogP contribution in [0.5, 0.6) is 0 Å². The summed E-state index contributed by atoms with van der Waals surface area (Å²) in [4.78, 5) is 34.3. The predicted molar refractivity (Wildman–Crippen MR) is 113 cm³/mol. The number of Topliss-reactive ketones (excluding diaryl/α,β-unsaturated/α-hetero) is 1. The molecule has 0 radical (unpaired) electrons. The summed E-state index contributed by atoms with van der Waals surface area (Å²) >= 11 is 0. The molecule has 31 heavy (non-hydrogen) atoms. The van der Waals surface area contributed by atoms with E-state index in [1.807, 2.05) is 6.92 Å². The topological polar surface area (TPSA) is 142 Å². The highest BCUT2D eigenvalue weighted by Gasteiger charge is 2.40. The fourth-order valence-corrected chi connectivity index (χ4v) is 3.52. The van der Waals surface area contributed by atoms with E-state index < -0.39 is 36.5 Å². The second-order valence-corrected chi connectivity index (χ2v) is 8.31. The summed E-state index contributed by atoms with van der Waals surface area (Å²) in [5.41, 5.74) is 0. The third kappa shape index (κ3) is 11.6. The smallest absolute Gasteiger partial charge is 0.305 e. The van der Waals surface area contributed by atoms with Crippen LogP contribution in [0.3, 0.4) is 0 Å². The van der Waals surface area contributed by atoms with Gasteiger partial charge in [0.1, 0.15) is 18.5 Å².